The summed E-state index contributed by atoms with van der Waals surface area (Å²) in [6, 6.07) is 9.25. The SMILES string of the molecule is COc1cc(/C=C/C(=O)c2cccc(O)c2)c(Br)cc1O. The number of aromatic hydroxyl groups is 2. The van der Waals surface area contributed by atoms with E-state index in [1.165, 1.54) is 31.4 Å². The molecule has 0 spiro atoms. The van der Waals surface area contributed by atoms with Crippen molar-refractivity contribution in [3.8, 4) is 17.2 Å². The van der Waals surface area contributed by atoms with Crippen LogP contribution >= 0.6 is 15.9 Å². The fourth-order valence-electron chi connectivity index (χ4n) is 1.77. The summed E-state index contributed by atoms with van der Waals surface area (Å²) < 4.78 is 5.66. The minimum Gasteiger partial charge on any atom is -0.508 e. The van der Waals surface area contributed by atoms with E-state index in [2.05, 4.69) is 15.9 Å². The van der Waals surface area contributed by atoms with Gasteiger partial charge >= 0.3 is 0 Å². The molecule has 5 heteroatoms. The lowest BCUT2D eigenvalue weighted by Crippen LogP contribution is -1.93. The van der Waals surface area contributed by atoms with E-state index in [1.807, 2.05) is 0 Å². The van der Waals surface area contributed by atoms with Crippen molar-refractivity contribution in [3.05, 3.63) is 58.1 Å². The van der Waals surface area contributed by atoms with Crippen molar-refractivity contribution < 1.29 is 19.7 Å². The molecule has 0 aliphatic rings. The first kappa shape index (κ1) is 15.1. The maximum atomic E-state index is 12.0. The molecule has 0 unspecified atom stereocenters. The Morgan fingerprint density at radius 3 is 2.67 bits per heavy atom. The molecule has 108 valence electrons. The highest BCUT2D eigenvalue weighted by Gasteiger charge is 2.07. The molecule has 2 rings (SSSR count). The van der Waals surface area contributed by atoms with Gasteiger partial charge in [0.1, 0.15) is 5.75 Å². The van der Waals surface area contributed by atoms with Crippen molar-refractivity contribution in [1.82, 2.24) is 0 Å². The molecule has 4 nitrogen and oxygen atoms in total. The van der Waals surface area contributed by atoms with Crippen LogP contribution in [0.5, 0.6) is 17.2 Å². The molecular weight excluding hydrogens is 336 g/mol. The second-order valence-corrected chi connectivity index (χ2v) is 5.15. The quantitative estimate of drug-likeness (QED) is 0.652. The van der Waals surface area contributed by atoms with Crippen LogP contribution in [0.1, 0.15) is 15.9 Å². The Bertz CT molecular complexity index is 707. The van der Waals surface area contributed by atoms with Crippen molar-refractivity contribution in [1.29, 1.82) is 0 Å². The van der Waals surface area contributed by atoms with Crippen LogP contribution < -0.4 is 4.74 Å². The lowest BCUT2D eigenvalue weighted by molar-refractivity contribution is 0.104. The van der Waals surface area contributed by atoms with Crippen LogP contribution in [0.15, 0.2) is 46.9 Å². The molecule has 0 amide bonds. The highest BCUT2D eigenvalue weighted by atomic mass is 79.9. The van der Waals surface area contributed by atoms with Gasteiger partial charge in [-0.05, 0) is 42.0 Å². The third kappa shape index (κ3) is 3.64. The fraction of sp³-hybridized carbons (Fsp3) is 0.0625. The average Bonchev–Trinajstić information content (AvgIpc) is 2.46. The topological polar surface area (TPSA) is 66.8 Å². The van der Waals surface area contributed by atoms with Crippen molar-refractivity contribution in [2.45, 2.75) is 0 Å². The molecule has 0 aliphatic heterocycles. The number of rotatable bonds is 4. The predicted molar refractivity (Wildman–Crippen MR) is 83.8 cm³/mol. The van der Waals surface area contributed by atoms with Crippen molar-refractivity contribution in [2.75, 3.05) is 7.11 Å². The molecule has 21 heavy (non-hydrogen) atoms. The first-order valence-corrected chi connectivity index (χ1v) is 6.88. The fourth-order valence-corrected chi connectivity index (χ4v) is 2.23. The number of phenols is 2. The smallest absolute Gasteiger partial charge is 0.185 e. The van der Waals surface area contributed by atoms with E-state index >= 15 is 0 Å². The van der Waals surface area contributed by atoms with Gasteiger partial charge in [0.15, 0.2) is 17.3 Å². The molecule has 0 saturated heterocycles. The summed E-state index contributed by atoms with van der Waals surface area (Å²) >= 11 is 3.31. The van der Waals surface area contributed by atoms with Crippen LogP contribution in [0.4, 0.5) is 0 Å². The zero-order valence-corrected chi connectivity index (χ0v) is 12.8. The molecule has 0 bridgehead atoms. The zero-order chi connectivity index (χ0) is 15.4. The van der Waals surface area contributed by atoms with Gasteiger partial charge in [0.2, 0.25) is 0 Å². The Morgan fingerprint density at radius 2 is 2.00 bits per heavy atom. The van der Waals surface area contributed by atoms with Gasteiger partial charge in [-0.15, -0.1) is 0 Å². The molecule has 0 aromatic heterocycles. The summed E-state index contributed by atoms with van der Waals surface area (Å²) in [5.74, 6) is 0.148. The third-order valence-electron chi connectivity index (χ3n) is 2.84. The van der Waals surface area contributed by atoms with Crippen LogP contribution in [-0.4, -0.2) is 23.1 Å². The third-order valence-corrected chi connectivity index (χ3v) is 3.53. The number of halogens is 1. The zero-order valence-electron chi connectivity index (χ0n) is 11.2. The standard InChI is InChI=1S/C16H13BrO4/c1-21-16-8-10(13(17)9-15(16)20)5-6-14(19)11-3-2-4-12(18)7-11/h2-9,18,20H,1H3/b6-5+. The number of methoxy groups -OCH3 is 1. The Hall–Kier alpha value is -2.27. The van der Waals surface area contributed by atoms with E-state index in [0.29, 0.717) is 21.3 Å². The maximum absolute atomic E-state index is 12.0. The number of hydrogen-bond donors (Lipinski definition) is 2. The number of ketones is 1. The highest BCUT2D eigenvalue weighted by molar-refractivity contribution is 9.10. The van der Waals surface area contributed by atoms with Gasteiger partial charge in [0, 0.05) is 10.0 Å². The number of benzene rings is 2. The number of carbonyl (C=O) groups is 1. The lowest BCUT2D eigenvalue weighted by Gasteiger charge is -2.06. The number of allylic oxidation sites excluding steroid dienone is 1. The summed E-state index contributed by atoms with van der Waals surface area (Å²) in [6.07, 6.45) is 3.00. The Labute approximate surface area is 130 Å². The molecule has 0 radical (unpaired) electrons. The molecule has 0 saturated carbocycles. The van der Waals surface area contributed by atoms with Gasteiger partial charge in [0.05, 0.1) is 7.11 Å². The van der Waals surface area contributed by atoms with Gasteiger partial charge in [0.25, 0.3) is 0 Å². The Balaban J connectivity index is 2.27. The summed E-state index contributed by atoms with van der Waals surface area (Å²) in [5.41, 5.74) is 1.09. The van der Waals surface area contributed by atoms with E-state index in [1.54, 1.807) is 24.3 Å². The molecule has 2 N–H and O–H groups in total. The largest absolute Gasteiger partial charge is 0.508 e. The number of hydrogen-bond acceptors (Lipinski definition) is 4. The van der Waals surface area contributed by atoms with E-state index in [-0.39, 0.29) is 17.3 Å². The summed E-state index contributed by atoms with van der Waals surface area (Å²) in [5, 5.41) is 19.0. The maximum Gasteiger partial charge on any atom is 0.185 e. The lowest BCUT2D eigenvalue weighted by atomic mass is 10.1. The average molecular weight is 349 g/mol. The number of carbonyl (C=O) groups excluding carboxylic acids is 1. The molecule has 0 aliphatic carbocycles. The monoisotopic (exact) mass is 348 g/mol. The Kier molecular flexibility index (Phi) is 4.65. The minimum atomic E-state index is -0.232. The number of ether oxygens (including phenoxy) is 1. The van der Waals surface area contributed by atoms with Crippen molar-refractivity contribution >= 4 is 27.8 Å². The number of phenolic OH excluding ortho intramolecular Hbond substituents is 2. The molecular formula is C16H13BrO4. The van der Waals surface area contributed by atoms with Crippen LogP contribution in [0.2, 0.25) is 0 Å². The normalized spacial score (nSPS) is 10.8. The van der Waals surface area contributed by atoms with E-state index in [0.717, 1.165) is 0 Å². The highest BCUT2D eigenvalue weighted by Crippen LogP contribution is 2.33. The predicted octanol–water partition coefficient (Wildman–Crippen LogP) is 3.77. The first-order chi connectivity index (χ1) is 10.0. The second kappa shape index (κ2) is 6.45. The molecule has 2 aromatic rings. The van der Waals surface area contributed by atoms with Crippen LogP contribution in [0.3, 0.4) is 0 Å². The van der Waals surface area contributed by atoms with Crippen LogP contribution in [-0.2, 0) is 0 Å². The second-order valence-electron chi connectivity index (χ2n) is 4.29. The molecule has 2 aromatic carbocycles. The summed E-state index contributed by atoms with van der Waals surface area (Å²) in [7, 11) is 1.45. The van der Waals surface area contributed by atoms with E-state index < -0.39 is 0 Å². The Morgan fingerprint density at radius 1 is 1.24 bits per heavy atom. The van der Waals surface area contributed by atoms with Gasteiger partial charge in [-0.2, -0.15) is 0 Å². The van der Waals surface area contributed by atoms with Gasteiger partial charge in [-0.3, -0.25) is 4.79 Å². The summed E-state index contributed by atoms with van der Waals surface area (Å²) in [4.78, 5) is 12.0. The van der Waals surface area contributed by atoms with E-state index in [4.69, 9.17) is 4.74 Å². The van der Waals surface area contributed by atoms with Gasteiger partial charge in [-0.1, -0.05) is 28.1 Å². The van der Waals surface area contributed by atoms with Crippen molar-refractivity contribution in [3.63, 3.8) is 0 Å². The van der Waals surface area contributed by atoms with Gasteiger partial charge in [-0.25, -0.2) is 0 Å². The first-order valence-electron chi connectivity index (χ1n) is 6.09. The molecule has 0 atom stereocenters. The molecule has 0 heterocycles. The van der Waals surface area contributed by atoms with Gasteiger partial charge < -0.3 is 14.9 Å². The van der Waals surface area contributed by atoms with Crippen LogP contribution in [0.25, 0.3) is 6.08 Å². The minimum absolute atomic E-state index is 0.0147. The van der Waals surface area contributed by atoms with Crippen molar-refractivity contribution in [2.24, 2.45) is 0 Å². The molecule has 0 fully saturated rings. The summed E-state index contributed by atoms with van der Waals surface area (Å²) in [6.45, 7) is 0. The van der Waals surface area contributed by atoms with E-state index in [9.17, 15) is 15.0 Å². The van der Waals surface area contributed by atoms with Crippen LogP contribution in [0, 0.1) is 0 Å².